The molecule has 2 heterocycles. The highest BCUT2D eigenvalue weighted by Gasteiger charge is 2.56. The van der Waals surface area contributed by atoms with Gasteiger partial charge in [0.1, 0.15) is 5.69 Å². The Morgan fingerprint density at radius 1 is 1.85 bits per heavy atom. The Morgan fingerprint density at radius 3 is 3.08 bits per heavy atom. The smallest absolute Gasteiger partial charge is 0.179 e. The molecule has 2 rings (SSSR count). The minimum Gasteiger partial charge on any atom is -0.343 e. The predicted octanol–water partition coefficient (Wildman–Crippen LogP) is 0.436. The van der Waals surface area contributed by atoms with Crippen LogP contribution in [0, 0.1) is 11.3 Å². The molecule has 13 heavy (non-hydrogen) atoms. The number of rotatable bonds is 2. The normalized spacial score (nSPS) is 31.3. The van der Waals surface area contributed by atoms with Crippen LogP contribution in [0.5, 0.6) is 0 Å². The van der Waals surface area contributed by atoms with Crippen LogP contribution in [0.4, 0.5) is 0 Å². The molecule has 0 bridgehead atoms. The molecule has 0 aromatic carbocycles. The molecule has 0 N–H and O–H groups in total. The van der Waals surface area contributed by atoms with Gasteiger partial charge in [-0.2, -0.15) is 5.26 Å². The van der Waals surface area contributed by atoms with Crippen molar-refractivity contribution >= 4 is 0 Å². The molecule has 0 radical (unpaired) electrons. The summed E-state index contributed by atoms with van der Waals surface area (Å²) in [6, 6.07) is 2.06. The summed E-state index contributed by atoms with van der Waals surface area (Å²) < 4.78 is 6.94. The molecule has 1 fully saturated rings. The van der Waals surface area contributed by atoms with E-state index in [1.165, 1.54) is 0 Å². The molecule has 1 aliphatic rings. The van der Waals surface area contributed by atoms with Gasteiger partial charge >= 0.3 is 0 Å². The molecule has 0 spiro atoms. The van der Waals surface area contributed by atoms with E-state index in [1.807, 2.05) is 20.0 Å². The molecule has 2 unspecified atom stereocenters. The number of ether oxygens (including phenoxy) is 1. The lowest BCUT2D eigenvalue weighted by Crippen LogP contribution is -2.06. The van der Waals surface area contributed by atoms with Crippen LogP contribution in [-0.4, -0.2) is 21.1 Å². The van der Waals surface area contributed by atoms with E-state index in [0.29, 0.717) is 0 Å². The van der Waals surface area contributed by atoms with E-state index in [0.717, 1.165) is 12.2 Å². The van der Waals surface area contributed by atoms with Crippen molar-refractivity contribution in [2.75, 3.05) is 0 Å². The van der Waals surface area contributed by atoms with Crippen LogP contribution >= 0.6 is 0 Å². The third-order valence-corrected chi connectivity index (χ3v) is 2.29. The zero-order valence-corrected chi connectivity index (χ0v) is 7.56. The van der Waals surface area contributed by atoms with Gasteiger partial charge in [-0.15, -0.1) is 5.10 Å². The zero-order chi connectivity index (χ0) is 9.47. The van der Waals surface area contributed by atoms with Crippen LogP contribution in [0.25, 0.3) is 0 Å². The van der Waals surface area contributed by atoms with Crippen molar-refractivity contribution in [3.05, 3.63) is 11.9 Å². The Bertz CT molecular complexity index is 366. The number of nitriles is 1. The van der Waals surface area contributed by atoms with Gasteiger partial charge in [-0.3, -0.25) is 4.68 Å². The molecule has 68 valence electrons. The number of hydrogen-bond acceptors (Lipinski definition) is 4. The summed E-state index contributed by atoms with van der Waals surface area (Å²) in [4.78, 5) is 0. The summed E-state index contributed by atoms with van der Waals surface area (Å²) in [6.45, 7) is 4.61. The van der Waals surface area contributed by atoms with E-state index in [1.54, 1.807) is 4.68 Å². The summed E-state index contributed by atoms with van der Waals surface area (Å²) in [5.41, 5.74) is 0.211. The van der Waals surface area contributed by atoms with Gasteiger partial charge in [-0.25, -0.2) is 0 Å². The summed E-state index contributed by atoms with van der Waals surface area (Å²) >= 11 is 0. The first-order valence-electron chi connectivity index (χ1n) is 4.18. The summed E-state index contributed by atoms with van der Waals surface area (Å²) in [7, 11) is 0. The van der Waals surface area contributed by atoms with Crippen molar-refractivity contribution in [1.82, 2.24) is 15.0 Å². The standard InChI is InChI=1S/C8H10N4O/c1-3-12-5-6(10-11-12)8(2)7(4-9)13-8/h5,7H,3H2,1-2H3. The Morgan fingerprint density at radius 2 is 2.62 bits per heavy atom. The Kier molecular flexibility index (Phi) is 1.60. The monoisotopic (exact) mass is 178 g/mol. The van der Waals surface area contributed by atoms with Crippen molar-refractivity contribution in [2.45, 2.75) is 32.1 Å². The van der Waals surface area contributed by atoms with Crippen LogP contribution in [0.2, 0.25) is 0 Å². The van der Waals surface area contributed by atoms with Gasteiger partial charge < -0.3 is 4.74 Å². The molecule has 1 saturated heterocycles. The summed E-state index contributed by atoms with van der Waals surface area (Å²) in [6.07, 6.45) is 1.45. The fraction of sp³-hybridized carbons (Fsp3) is 0.625. The summed E-state index contributed by atoms with van der Waals surface area (Å²) in [5.74, 6) is 0. The van der Waals surface area contributed by atoms with Crippen molar-refractivity contribution in [3.8, 4) is 6.07 Å². The quantitative estimate of drug-likeness (QED) is 0.616. The molecule has 5 nitrogen and oxygen atoms in total. The minimum atomic E-state index is -0.526. The predicted molar refractivity (Wildman–Crippen MR) is 43.5 cm³/mol. The third kappa shape index (κ3) is 1.11. The molecule has 0 aliphatic carbocycles. The molecular formula is C8H10N4O. The van der Waals surface area contributed by atoms with E-state index in [2.05, 4.69) is 16.4 Å². The second-order valence-corrected chi connectivity index (χ2v) is 3.19. The highest BCUT2D eigenvalue weighted by molar-refractivity contribution is 5.23. The van der Waals surface area contributed by atoms with Crippen molar-refractivity contribution in [2.24, 2.45) is 0 Å². The maximum Gasteiger partial charge on any atom is 0.179 e. The first-order valence-corrected chi connectivity index (χ1v) is 4.18. The number of epoxide rings is 1. The highest BCUT2D eigenvalue weighted by Crippen LogP contribution is 2.44. The molecule has 2 atom stereocenters. The number of hydrogen-bond donors (Lipinski definition) is 0. The van der Waals surface area contributed by atoms with Crippen molar-refractivity contribution in [1.29, 1.82) is 5.26 Å². The molecule has 1 aromatic heterocycles. The topological polar surface area (TPSA) is 67.0 Å². The Labute approximate surface area is 75.9 Å². The van der Waals surface area contributed by atoms with Gasteiger partial charge in [0.25, 0.3) is 0 Å². The lowest BCUT2D eigenvalue weighted by atomic mass is 10.1. The average Bonchev–Trinajstić information content (AvgIpc) is 2.65. The van der Waals surface area contributed by atoms with Gasteiger partial charge in [-0.1, -0.05) is 5.21 Å². The second-order valence-electron chi connectivity index (χ2n) is 3.19. The molecule has 0 saturated carbocycles. The molecule has 5 heteroatoms. The Balaban J connectivity index is 2.23. The lowest BCUT2D eigenvalue weighted by molar-refractivity contribution is 0.316. The van der Waals surface area contributed by atoms with Crippen LogP contribution in [0.1, 0.15) is 19.5 Å². The van der Waals surface area contributed by atoms with Crippen LogP contribution in [0.15, 0.2) is 6.20 Å². The first kappa shape index (κ1) is 8.20. The minimum absolute atomic E-state index is 0.366. The molecule has 0 amide bonds. The molecule has 1 aliphatic heterocycles. The van der Waals surface area contributed by atoms with Gasteiger partial charge in [0.05, 0.1) is 12.3 Å². The SMILES string of the molecule is CCn1cc(C2(C)OC2C#N)nn1. The zero-order valence-electron chi connectivity index (χ0n) is 7.56. The molecule has 1 aromatic rings. The summed E-state index contributed by atoms with van der Waals surface area (Å²) in [5, 5.41) is 16.5. The maximum absolute atomic E-state index is 8.64. The van der Waals surface area contributed by atoms with Gasteiger partial charge in [0, 0.05) is 6.54 Å². The van der Waals surface area contributed by atoms with Crippen molar-refractivity contribution < 1.29 is 4.74 Å². The van der Waals surface area contributed by atoms with Crippen molar-refractivity contribution in [3.63, 3.8) is 0 Å². The first-order chi connectivity index (χ1) is 6.20. The van der Waals surface area contributed by atoms with Crippen LogP contribution in [0.3, 0.4) is 0 Å². The largest absolute Gasteiger partial charge is 0.343 e. The average molecular weight is 178 g/mol. The van der Waals surface area contributed by atoms with Gasteiger partial charge in [-0.05, 0) is 13.8 Å². The number of aryl methyl sites for hydroxylation is 1. The lowest BCUT2D eigenvalue weighted by Gasteiger charge is -1.95. The van der Waals surface area contributed by atoms with E-state index in [4.69, 9.17) is 10.00 Å². The molecular weight excluding hydrogens is 168 g/mol. The fourth-order valence-corrected chi connectivity index (χ4v) is 1.24. The van der Waals surface area contributed by atoms with E-state index < -0.39 is 5.60 Å². The maximum atomic E-state index is 8.64. The van der Waals surface area contributed by atoms with Crippen LogP contribution < -0.4 is 0 Å². The van der Waals surface area contributed by atoms with Crippen LogP contribution in [-0.2, 0) is 16.9 Å². The number of nitrogens with zero attached hydrogens (tertiary/aromatic N) is 4. The van der Waals surface area contributed by atoms with E-state index >= 15 is 0 Å². The third-order valence-electron chi connectivity index (χ3n) is 2.29. The number of aromatic nitrogens is 3. The van der Waals surface area contributed by atoms with E-state index in [-0.39, 0.29) is 6.10 Å². The highest BCUT2D eigenvalue weighted by atomic mass is 16.6. The fourth-order valence-electron chi connectivity index (χ4n) is 1.24. The van der Waals surface area contributed by atoms with Gasteiger partial charge in [0.2, 0.25) is 0 Å². The van der Waals surface area contributed by atoms with Gasteiger partial charge in [0.15, 0.2) is 11.7 Å². The second kappa shape index (κ2) is 2.54. The van der Waals surface area contributed by atoms with E-state index in [9.17, 15) is 0 Å². The Hall–Kier alpha value is -1.41.